The van der Waals surface area contributed by atoms with Gasteiger partial charge in [-0.1, -0.05) is 11.6 Å². The fraction of sp³-hybridized carbons (Fsp3) is 0.273. The summed E-state index contributed by atoms with van der Waals surface area (Å²) in [6.45, 7) is 0.469. The Kier molecular flexibility index (Phi) is 3.57. The fourth-order valence-corrected chi connectivity index (χ4v) is 1.62. The minimum absolute atomic E-state index is 0.206. The first-order chi connectivity index (χ1) is 8.56. The first-order valence-corrected chi connectivity index (χ1v) is 5.64. The molecule has 1 amide bonds. The number of hydrogen-bond donors (Lipinski definition) is 0. The van der Waals surface area contributed by atoms with Crippen LogP contribution in [0.2, 0.25) is 5.15 Å². The number of hydrogen-bond acceptors (Lipinski definition) is 4. The van der Waals surface area contributed by atoms with Gasteiger partial charge in [0.1, 0.15) is 10.8 Å². The highest BCUT2D eigenvalue weighted by Crippen LogP contribution is 2.07. The molecule has 0 aromatic carbocycles. The largest absolute Gasteiger partial charge is 0.336 e. The van der Waals surface area contributed by atoms with Crippen molar-refractivity contribution in [1.29, 1.82) is 0 Å². The number of halogens is 1. The molecule has 94 valence electrons. The third kappa shape index (κ3) is 2.84. The van der Waals surface area contributed by atoms with Crippen LogP contribution in [0.25, 0.3) is 0 Å². The smallest absolute Gasteiger partial charge is 0.274 e. The summed E-state index contributed by atoms with van der Waals surface area (Å²) in [6, 6.07) is 0. The molecule has 2 aromatic rings. The second-order valence-corrected chi connectivity index (χ2v) is 4.30. The second kappa shape index (κ2) is 5.14. The van der Waals surface area contributed by atoms with Gasteiger partial charge < -0.3 is 4.90 Å². The Morgan fingerprint density at radius 1 is 1.39 bits per heavy atom. The topological polar surface area (TPSA) is 63.9 Å². The van der Waals surface area contributed by atoms with Gasteiger partial charge in [0.15, 0.2) is 0 Å². The highest BCUT2D eigenvalue weighted by molar-refractivity contribution is 6.29. The lowest BCUT2D eigenvalue weighted by molar-refractivity contribution is 0.0779. The van der Waals surface area contributed by atoms with Crippen molar-refractivity contribution in [3.63, 3.8) is 0 Å². The van der Waals surface area contributed by atoms with Crippen LogP contribution in [-0.2, 0) is 13.6 Å². The van der Waals surface area contributed by atoms with Crippen LogP contribution in [0.4, 0.5) is 0 Å². The molecule has 0 aliphatic rings. The molecule has 2 rings (SSSR count). The van der Waals surface area contributed by atoms with Gasteiger partial charge in [-0.15, -0.1) is 0 Å². The maximum absolute atomic E-state index is 12.0. The number of aryl methyl sites for hydroxylation is 1. The number of carbonyl (C=O) groups excluding carboxylic acids is 1. The van der Waals surface area contributed by atoms with Crippen LogP contribution in [0.15, 0.2) is 24.8 Å². The predicted octanol–water partition coefficient (Wildman–Crippen LogP) is 1.14. The molecule has 0 spiro atoms. The van der Waals surface area contributed by atoms with E-state index in [1.54, 1.807) is 22.8 Å². The van der Waals surface area contributed by atoms with E-state index >= 15 is 0 Å². The molecule has 0 saturated heterocycles. The number of carbonyl (C=O) groups is 1. The Morgan fingerprint density at radius 3 is 2.72 bits per heavy atom. The highest BCUT2D eigenvalue weighted by Gasteiger charge is 2.14. The van der Waals surface area contributed by atoms with Crippen molar-refractivity contribution in [2.75, 3.05) is 7.05 Å². The molecule has 18 heavy (non-hydrogen) atoms. The first kappa shape index (κ1) is 12.5. The van der Waals surface area contributed by atoms with E-state index in [2.05, 4.69) is 15.1 Å². The predicted molar refractivity (Wildman–Crippen MR) is 66.0 cm³/mol. The molecule has 0 aliphatic heterocycles. The minimum Gasteiger partial charge on any atom is -0.336 e. The summed E-state index contributed by atoms with van der Waals surface area (Å²) in [4.78, 5) is 21.3. The lowest BCUT2D eigenvalue weighted by atomic mass is 10.3. The third-order valence-corrected chi connectivity index (χ3v) is 2.56. The molecular weight excluding hydrogens is 254 g/mol. The number of aromatic nitrogens is 4. The molecule has 2 aromatic heterocycles. The Balaban J connectivity index is 2.07. The van der Waals surface area contributed by atoms with E-state index in [1.807, 2.05) is 13.2 Å². The molecule has 7 heteroatoms. The van der Waals surface area contributed by atoms with Crippen molar-refractivity contribution in [2.45, 2.75) is 6.54 Å². The van der Waals surface area contributed by atoms with Gasteiger partial charge in [-0.25, -0.2) is 9.97 Å². The van der Waals surface area contributed by atoms with Crippen LogP contribution in [0.5, 0.6) is 0 Å². The average molecular weight is 266 g/mol. The van der Waals surface area contributed by atoms with Crippen LogP contribution < -0.4 is 0 Å². The maximum Gasteiger partial charge on any atom is 0.274 e. The Hall–Kier alpha value is -1.95. The summed E-state index contributed by atoms with van der Waals surface area (Å²) >= 11 is 5.62. The monoisotopic (exact) mass is 265 g/mol. The number of nitrogens with zero attached hydrogens (tertiary/aromatic N) is 5. The Bertz CT molecular complexity index is 551. The van der Waals surface area contributed by atoms with Crippen LogP contribution in [0.3, 0.4) is 0 Å². The zero-order valence-corrected chi connectivity index (χ0v) is 10.8. The van der Waals surface area contributed by atoms with Gasteiger partial charge in [0.05, 0.1) is 18.6 Å². The minimum atomic E-state index is -0.206. The summed E-state index contributed by atoms with van der Waals surface area (Å²) < 4.78 is 1.69. The molecule has 0 atom stereocenters. The van der Waals surface area contributed by atoms with Crippen molar-refractivity contribution in [2.24, 2.45) is 7.05 Å². The molecule has 2 heterocycles. The molecule has 0 bridgehead atoms. The zero-order valence-electron chi connectivity index (χ0n) is 10.0. The first-order valence-electron chi connectivity index (χ1n) is 5.27. The van der Waals surface area contributed by atoms with Gasteiger partial charge in [-0.2, -0.15) is 5.10 Å². The normalized spacial score (nSPS) is 10.4. The summed E-state index contributed by atoms with van der Waals surface area (Å²) in [7, 11) is 3.53. The second-order valence-electron chi connectivity index (χ2n) is 3.91. The lowest BCUT2D eigenvalue weighted by Crippen LogP contribution is -2.27. The fourth-order valence-electron chi connectivity index (χ4n) is 1.52. The summed E-state index contributed by atoms with van der Waals surface area (Å²) in [6.07, 6.45) is 6.30. The van der Waals surface area contributed by atoms with Gasteiger partial charge in [-0.05, 0) is 0 Å². The molecule has 6 nitrogen and oxygen atoms in total. The van der Waals surface area contributed by atoms with E-state index in [0.29, 0.717) is 6.54 Å². The van der Waals surface area contributed by atoms with Crippen molar-refractivity contribution in [1.82, 2.24) is 24.6 Å². The molecule has 0 N–H and O–H groups in total. The molecule has 0 unspecified atom stereocenters. The van der Waals surface area contributed by atoms with Crippen LogP contribution in [0.1, 0.15) is 16.1 Å². The summed E-state index contributed by atoms with van der Waals surface area (Å²) in [5.41, 5.74) is 1.22. The van der Waals surface area contributed by atoms with E-state index in [-0.39, 0.29) is 16.8 Å². The third-order valence-electron chi connectivity index (χ3n) is 2.36. The molecule has 0 saturated carbocycles. The molecular formula is C11H12ClN5O. The van der Waals surface area contributed by atoms with E-state index in [1.165, 1.54) is 12.4 Å². The van der Waals surface area contributed by atoms with Crippen molar-refractivity contribution in [3.8, 4) is 0 Å². The SMILES string of the molecule is CN(Cc1cnn(C)c1)C(=O)c1cnc(Cl)cn1. The molecule has 0 radical (unpaired) electrons. The maximum atomic E-state index is 12.0. The molecule has 0 aliphatic carbocycles. The van der Waals surface area contributed by atoms with Gasteiger partial charge in [0.25, 0.3) is 5.91 Å². The lowest BCUT2D eigenvalue weighted by Gasteiger charge is -2.15. The average Bonchev–Trinajstić information content (AvgIpc) is 2.75. The van der Waals surface area contributed by atoms with Gasteiger partial charge in [0, 0.05) is 32.4 Å². The highest BCUT2D eigenvalue weighted by atomic mass is 35.5. The van der Waals surface area contributed by atoms with Gasteiger partial charge >= 0.3 is 0 Å². The Morgan fingerprint density at radius 2 is 2.17 bits per heavy atom. The van der Waals surface area contributed by atoms with E-state index in [0.717, 1.165) is 5.56 Å². The van der Waals surface area contributed by atoms with Crippen molar-refractivity contribution < 1.29 is 4.79 Å². The quantitative estimate of drug-likeness (QED) is 0.835. The summed E-state index contributed by atoms with van der Waals surface area (Å²) in [5.74, 6) is -0.206. The zero-order chi connectivity index (χ0) is 13.1. The van der Waals surface area contributed by atoms with Crippen LogP contribution >= 0.6 is 11.6 Å². The standard InChI is InChI=1S/C11H12ClN5O/c1-16(6-8-3-15-17(2)7-8)11(18)9-4-14-10(12)5-13-9/h3-5,7H,6H2,1-2H3. The van der Waals surface area contributed by atoms with Crippen LogP contribution in [0, 0.1) is 0 Å². The summed E-state index contributed by atoms with van der Waals surface area (Å²) in [5, 5.41) is 4.31. The van der Waals surface area contributed by atoms with E-state index in [9.17, 15) is 4.79 Å². The Labute approximate surface area is 109 Å². The van der Waals surface area contributed by atoms with E-state index in [4.69, 9.17) is 11.6 Å². The van der Waals surface area contributed by atoms with Gasteiger partial charge in [0.2, 0.25) is 0 Å². The van der Waals surface area contributed by atoms with Crippen molar-refractivity contribution in [3.05, 3.63) is 41.2 Å². The molecule has 0 fully saturated rings. The van der Waals surface area contributed by atoms with Crippen molar-refractivity contribution >= 4 is 17.5 Å². The van der Waals surface area contributed by atoms with Crippen LogP contribution in [-0.4, -0.2) is 37.6 Å². The number of amides is 1. The van der Waals surface area contributed by atoms with E-state index < -0.39 is 0 Å². The number of rotatable bonds is 3. The van der Waals surface area contributed by atoms with Gasteiger partial charge in [-0.3, -0.25) is 9.48 Å².